The van der Waals surface area contributed by atoms with Crippen LogP contribution in [0.5, 0.6) is 5.75 Å². The molecule has 2 atom stereocenters. The van der Waals surface area contributed by atoms with Crippen molar-refractivity contribution in [3.05, 3.63) is 59.3 Å². The molecule has 7 heteroatoms. The average molecular weight is 394 g/mol. The van der Waals surface area contributed by atoms with E-state index in [1.807, 2.05) is 31.2 Å². The summed E-state index contributed by atoms with van der Waals surface area (Å²) in [5.41, 5.74) is 3.27. The summed E-state index contributed by atoms with van der Waals surface area (Å²) in [6, 6.07) is 15.4. The van der Waals surface area contributed by atoms with Crippen LogP contribution in [0.1, 0.15) is 31.9 Å². The first kappa shape index (κ1) is 19.5. The number of hydroxylamine groups is 1. The maximum atomic E-state index is 12.6. The number of benzene rings is 2. The van der Waals surface area contributed by atoms with Crippen LogP contribution in [-0.2, 0) is 0 Å². The Morgan fingerprint density at radius 1 is 0.966 bits per heavy atom. The number of hydrogen-bond acceptors (Lipinski definition) is 7. The quantitative estimate of drug-likeness (QED) is 0.836. The third kappa shape index (κ3) is 4.02. The Balaban J connectivity index is 1.37. The van der Waals surface area contributed by atoms with Crippen molar-refractivity contribution in [2.45, 2.75) is 32.4 Å². The number of piperazine rings is 1. The maximum absolute atomic E-state index is 12.6. The second-order valence-corrected chi connectivity index (χ2v) is 7.67. The van der Waals surface area contributed by atoms with Gasteiger partial charge in [0, 0.05) is 43.8 Å². The highest BCUT2D eigenvalue weighted by atomic mass is 16.6. The van der Waals surface area contributed by atoms with E-state index in [0.29, 0.717) is 5.75 Å². The Labute approximate surface area is 172 Å². The first-order chi connectivity index (χ1) is 14.1. The van der Waals surface area contributed by atoms with Gasteiger partial charge in [0.25, 0.3) is 0 Å². The van der Waals surface area contributed by atoms with Crippen molar-refractivity contribution in [1.29, 1.82) is 0 Å². The van der Waals surface area contributed by atoms with Gasteiger partial charge in [-0.25, -0.2) is 5.12 Å². The summed E-state index contributed by atoms with van der Waals surface area (Å²) < 4.78 is 0. The fourth-order valence-electron chi connectivity index (χ4n) is 3.82. The molecule has 29 heavy (non-hydrogen) atoms. The number of phenols is 1. The minimum atomic E-state index is -0.357. The van der Waals surface area contributed by atoms with Crippen LogP contribution in [0.2, 0.25) is 0 Å². The van der Waals surface area contributed by atoms with Crippen LogP contribution >= 0.6 is 0 Å². The lowest BCUT2D eigenvalue weighted by molar-refractivity contribution is -0.00803. The van der Waals surface area contributed by atoms with E-state index in [1.54, 1.807) is 18.3 Å². The monoisotopic (exact) mass is 394 g/mol. The van der Waals surface area contributed by atoms with Crippen LogP contribution in [-0.4, -0.2) is 53.8 Å². The molecule has 0 spiro atoms. The van der Waals surface area contributed by atoms with Crippen LogP contribution in [0.4, 0.5) is 11.4 Å². The lowest BCUT2D eigenvalue weighted by Crippen LogP contribution is -2.46. The Bertz CT molecular complexity index is 831. The van der Waals surface area contributed by atoms with Gasteiger partial charge in [-0.2, -0.15) is 5.10 Å². The second kappa shape index (κ2) is 8.31. The van der Waals surface area contributed by atoms with Crippen molar-refractivity contribution in [2.24, 2.45) is 5.10 Å². The predicted molar refractivity (Wildman–Crippen MR) is 117 cm³/mol. The zero-order valence-corrected chi connectivity index (χ0v) is 17.0. The molecule has 1 N–H and O–H groups in total. The molecule has 0 radical (unpaired) electrons. The molecule has 154 valence electrons. The maximum Gasteiger partial charge on any atom is 0.115 e. The zero-order valence-electron chi connectivity index (χ0n) is 17.0. The lowest BCUT2D eigenvalue weighted by Gasteiger charge is -2.40. The topological polar surface area (TPSA) is 68.6 Å². The van der Waals surface area contributed by atoms with E-state index < -0.39 is 0 Å². The van der Waals surface area contributed by atoms with Gasteiger partial charge in [0.15, 0.2) is 0 Å². The molecular formula is C22H28N5O2-. The highest BCUT2D eigenvalue weighted by molar-refractivity contribution is 5.69. The minimum Gasteiger partial charge on any atom is -0.765 e. The summed E-state index contributed by atoms with van der Waals surface area (Å²) >= 11 is 0. The minimum absolute atomic E-state index is 0.0953. The molecular weight excluding hydrogens is 366 g/mol. The van der Waals surface area contributed by atoms with Gasteiger partial charge in [0.2, 0.25) is 0 Å². The summed E-state index contributed by atoms with van der Waals surface area (Å²) in [5.74, 6) is 0.295. The number of hydrazone groups is 1. The summed E-state index contributed by atoms with van der Waals surface area (Å²) in [7, 11) is 0. The van der Waals surface area contributed by atoms with Gasteiger partial charge >= 0.3 is 0 Å². The van der Waals surface area contributed by atoms with Crippen molar-refractivity contribution in [3.63, 3.8) is 0 Å². The van der Waals surface area contributed by atoms with E-state index in [9.17, 15) is 10.3 Å². The van der Waals surface area contributed by atoms with E-state index in [1.165, 1.54) is 10.8 Å². The van der Waals surface area contributed by atoms with Crippen molar-refractivity contribution < 1.29 is 5.11 Å². The normalized spacial score (nSPS) is 21.1. The van der Waals surface area contributed by atoms with Crippen LogP contribution in [0, 0.1) is 5.21 Å². The third-order valence-corrected chi connectivity index (χ3v) is 5.85. The van der Waals surface area contributed by atoms with Gasteiger partial charge in [-0.05, 0) is 55.3 Å². The number of nitrogens with zero attached hydrogens (tertiary/aromatic N) is 5. The van der Waals surface area contributed by atoms with E-state index in [2.05, 4.69) is 34.0 Å². The molecule has 0 amide bonds. The number of aromatic hydroxyl groups is 1. The van der Waals surface area contributed by atoms with Crippen molar-refractivity contribution in [1.82, 2.24) is 10.3 Å². The van der Waals surface area contributed by atoms with E-state index in [4.69, 9.17) is 0 Å². The number of hydrazine groups is 1. The largest absolute Gasteiger partial charge is 0.765 e. The first-order valence-corrected chi connectivity index (χ1v) is 10.3. The number of phenolic OH excluding ortho intramolecular Hbond substituents is 1. The van der Waals surface area contributed by atoms with E-state index >= 15 is 0 Å². The van der Waals surface area contributed by atoms with Gasteiger partial charge < -0.3 is 20.1 Å². The molecule has 0 saturated carbocycles. The molecule has 4 rings (SSSR count). The van der Waals surface area contributed by atoms with Crippen LogP contribution in [0.15, 0.2) is 53.6 Å². The number of anilines is 2. The average Bonchev–Trinajstić information content (AvgIpc) is 3.15. The van der Waals surface area contributed by atoms with Crippen LogP contribution < -0.4 is 9.80 Å². The molecule has 2 aromatic rings. The molecule has 0 aliphatic carbocycles. The molecule has 2 aliphatic rings. The van der Waals surface area contributed by atoms with Crippen molar-refractivity contribution >= 4 is 17.6 Å². The van der Waals surface area contributed by atoms with Crippen LogP contribution in [0.25, 0.3) is 0 Å². The lowest BCUT2D eigenvalue weighted by atomic mass is 10.1. The first-order valence-electron chi connectivity index (χ1n) is 10.3. The Morgan fingerprint density at radius 3 is 2.00 bits per heavy atom. The molecule has 1 saturated heterocycles. The Kier molecular flexibility index (Phi) is 5.60. The summed E-state index contributed by atoms with van der Waals surface area (Å²) in [5, 5.41) is 28.8. The molecule has 0 bridgehead atoms. The smallest absolute Gasteiger partial charge is 0.115 e. The Morgan fingerprint density at radius 2 is 1.48 bits per heavy atom. The summed E-state index contributed by atoms with van der Waals surface area (Å²) in [4.78, 5) is 4.70. The zero-order chi connectivity index (χ0) is 20.4. The number of hydrogen-bond donors (Lipinski definition) is 1. The standard InChI is InChI=1S/C22H28N5O2/c1-3-17(2)26-23-16-22(27(26)29)18-4-6-19(7-5-18)24-12-14-25(15-13-24)20-8-10-21(28)11-9-20/h4-11,16-17,22,28H,3,12-15H2,1-2H3/q-1. The molecule has 2 heterocycles. The van der Waals surface area contributed by atoms with E-state index in [0.717, 1.165) is 49.0 Å². The summed E-state index contributed by atoms with van der Waals surface area (Å²) in [6.07, 6.45) is 2.60. The highest BCUT2D eigenvalue weighted by Crippen LogP contribution is 2.29. The predicted octanol–water partition coefficient (Wildman–Crippen LogP) is 3.57. The SMILES string of the molecule is CCC(C)N1N=CC(c2ccc(N3CCN(c4ccc(O)cc4)CC3)cc2)N1[O-]. The van der Waals surface area contributed by atoms with Gasteiger partial charge in [0.05, 0.1) is 12.1 Å². The molecule has 7 nitrogen and oxygen atoms in total. The van der Waals surface area contributed by atoms with Crippen molar-refractivity contribution in [2.75, 3.05) is 36.0 Å². The Hall–Kier alpha value is -2.77. The van der Waals surface area contributed by atoms with Gasteiger partial charge in [-0.15, -0.1) is 0 Å². The third-order valence-electron chi connectivity index (χ3n) is 5.85. The number of rotatable bonds is 5. The molecule has 1 fully saturated rings. The van der Waals surface area contributed by atoms with Gasteiger partial charge in [0.1, 0.15) is 5.75 Å². The van der Waals surface area contributed by atoms with Crippen LogP contribution in [0.3, 0.4) is 0 Å². The summed E-state index contributed by atoms with van der Waals surface area (Å²) in [6.45, 7) is 7.78. The molecule has 2 unspecified atom stereocenters. The molecule has 2 aromatic carbocycles. The van der Waals surface area contributed by atoms with Crippen molar-refractivity contribution in [3.8, 4) is 5.75 Å². The van der Waals surface area contributed by atoms with Gasteiger partial charge in [-0.3, -0.25) is 5.17 Å². The van der Waals surface area contributed by atoms with Gasteiger partial charge in [-0.1, -0.05) is 19.1 Å². The van der Waals surface area contributed by atoms with E-state index in [-0.39, 0.29) is 12.1 Å². The fraction of sp³-hybridized carbons (Fsp3) is 0.409. The second-order valence-electron chi connectivity index (χ2n) is 7.67. The highest BCUT2D eigenvalue weighted by Gasteiger charge is 2.25. The molecule has 2 aliphatic heterocycles. The fourth-order valence-corrected chi connectivity index (χ4v) is 3.82. The molecule has 0 aromatic heterocycles.